The van der Waals surface area contributed by atoms with E-state index in [2.05, 4.69) is 25.4 Å². The maximum Gasteiger partial charge on any atom is 0.220 e. The number of hydrogen-bond donors (Lipinski definition) is 0. The second kappa shape index (κ2) is 6.48. The molecule has 2 saturated heterocycles. The molecular formula is C21H22ClN5O. The first-order valence-corrected chi connectivity index (χ1v) is 10.0. The van der Waals surface area contributed by atoms with Crippen LogP contribution in [0.4, 0.5) is 5.82 Å². The number of carbonyl (C=O) groups is 1. The molecule has 7 heteroatoms. The Kier molecular flexibility index (Phi) is 4.05. The molecule has 5 rings (SSSR count). The summed E-state index contributed by atoms with van der Waals surface area (Å²) in [6.45, 7) is 3.30. The van der Waals surface area contributed by atoms with Gasteiger partial charge < -0.3 is 14.4 Å². The Morgan fingerprint density at radius 2 is 1.89 bits per heavy atom. The number of halogens is 1. The van der Waals surface area contributed by atoms with Crippen molar-refractivity contribution in [2.24, 2.45) is 7.05 Å². The summed E-state index contributed by atoms with van der Waals surface area (Å²) in [5, 5.41) is 0.590. The van der Waals surface area contributed by atoms with E-state index in [1.54, 1.807) is 13.1 Å². The molecule has 2 bridgehead atoms. The molecule has 2 aliphatic heterocycles. The molecule has 2 fully saturated rings. The van der Waals surface area contributed by atoms with Gasteiger partial charge in [-0.3, -0.25) is 4.79 Å². The third kappa shape index (κ3) is 2.66. The normalized spacial score (nSPS) is 21.5. The van der Waals surface area contributed by atoms with E-state index in [1.807, 2.05) is 31.3 Å². The lowest BCUT2D eigenvalue weighted by atomic mass is 10.1. The molecule has 4 heterocycles. The van der Waals surface area contributed by atoms with Crippen LogP contribution in [0.3, 0.4) is 0 Å². The lowest BCUT2D eigenvalue weighted by Gasteiger charge is -2.41. The number of anilines is 1. The van der Waals surface area contributed by atoms with Crippen molar-refractivity contribution in [2.45, 2.75) is 31.8 Å². The van der Waals surface area contributed by atoms with Crippen LogP contribution in [0.25, 0.3) is 22.4 Å². The van der Waals surface area contributed by atoms with Crippen molar-refractivity contribution < 1.29 is 4.79 Å². The van der Waals surface area contributed by atoms with Crippen LogP contribution in [0.5, 0.6) is 0 Å². The number of aromatic nitrogens is 3. The molecule has 6 nitrogen and oxygen atoms in total. The van der Waals surface area contributed by atoms with Crippen molar-refractivity contribution in [1.82, 2.24) is 19.4 Å². The largest absolute Gasteiger partial charge is 0.352 e. The molecule has 0 N–H and O–H groups in total. The van der Waals surface area contributed by atoms with Crippen molar-refractivity contribution in [3.8, 4) is 11.4 Å². The topological polar surface area (TPSA) is 54.3 Å². The van der Waals surface area contributed by atoms with Gasteiger partial charge in [0.2, 0.25) is 5.91 Å². The Morgan fingerprint density at radius 3 is 2.57 bits per heavy atom. The fourth-order valence-corrected chi connectivity index (χ4v) is 4.95. The molecule has 144 valence electrons. The van der Waals surface area contributed by atoms with Crippen LogP contribution in [0.2, 0.25) is 5.02 Å². The van der Waals surface area contributed by atoms with Gasteiger partial charge >= 0.3 is 0 Å². The van der Waals surface area contributed by atoms with Crippen molar-refractivity contribution in [2.75, 3.05) is 18.0 Å². The number of aryl methyl sites for hydroxylation is 1. The summed E-state index contributed by atoms with van der Waals surface area (Å²) in [7, 11) is 2.01. The van der Waals surface area contributed by atoms with Crippen molar-refractivity contribution in [3.05, 3.63) is 41.6 Å². The maximum absolute atomic E-state index is 12.0. The Balaban J connectivity index is 1.52. The number of amides is 1. The molecule has 0 radical (unpaired) electrons. The average molecular weight is 396 g/mol. The van der Waals surface area contributed by atoms with Gasteiger partial charge in [-0.1, -0.05) is 23.7 Å². The third-order valence-corrected chi connectivity index (χ3v) is 6.34. The zero-order valence-electron chi connectivity index (χ0n) is 16.0. The highest BCUT2D eigenvalue weighted by atomic mass is 35.5. The van der Waals surface area contributed by atoms with Gasteiger partial charge in [0.1, 0.15) is 11.6 Å². The van der Waals surface area contributed by atoms with Gasteiger partial charge in [-0.05, 0) is 31.0 Å². The molecular weight excluding hydrogens is 374 g/mol. The monoisotopic (exact) mass is 395 g/mol. The SMILES string of the molecule is CC(=O)N1[C@@H]2CC[C@H]1CN(c1cc(-c3nc4ccccc4n3C)c(Cl)cn1)C2. The Hall–Kier alpha value is -2.60. The summed E-state index contributed by atoms with van der Waals surface area (Å²) in [5.74, 6) is 1.91. The number of carbonyl (C=O) groups excluding carboxylic acids is 1. The van der Waals surface area contributed by atoms with Crippen molar-refractivity contribution >= 4 is 34.4 Å². The van der Waals surface area contributed by atoms with Crippen LogP contribution in [0.1, 0.15) is 19.8 Å². The van der Waals surface area contributed by atoms with Gasteiger partial charge in [0.05, 0.1) is 16.1 Å². The number of para-hydroxylation sites is 2. The first-order chi connectivity index (χ1) is 13.5. The van der Waals surface area contributed by atoms with Crippen LogP contribution in [-0.2, 0) is 11.8 Å². The summed E-state index contributed by atoms with van der Waals surface area (Å²) in [6, 6.07) is 10.6. The highest BCUT2D eigenvalue weighted by Crippen LogP contribution is 2.35. The highest BCUT2D eigenvalue weighted by Gasteiger charge is 2.41. The lowest BCUT2D eigenvalue weighted by Crippen LogP contribution is -2.55. The summed E-state index contributed by atoms with van der Waals surface area (Å²) in [5.41, 5.74) is 2.90. The molecule has 2 aromatic heterocycles. The van der Waals surface area contributed by atoms with E-state index in [1.165, 1.54) is 0 Å². The van der Waals surface area contributed by atoms with Crippen LogP contribution in [0, 0.1) is 0 Å². The summed E-state index contributed by atoms with van der Waals surface area (Å²) >= 11 is 6.52. The maximum atomic E-state index is 12.0. The van der Waals surface area contributed by atoms with Crippen molar-refractivity contribution in [1.29, 1.82) is 0 Å². The van der Waals surface area contributed by atoms with Crippen LogP contribution < -0.4 is 4.90 Å². The van der Waals surface area contributed by atoms with E-state index >= 15 is 0 Å². The Bertz CT molecular complexity index is 1060. The summed E-state index contributed by atoms with van der Waals surface area (Å²) < 4.78 is 2.07. The van der Waals surface area contributed by atoms with Gasteiger partial charge in [0, 0.05) is 50.9 Å². The lowest BCUT2D eigenvalue weighted by molar-refractivity contribution is -0.132. The van der Waals surface area contributed by atoms with Gasteiger partial charge in [-0.15, -0.1) is 0 Å². The zero-order chi connectivity index (χ0) is 19.4. The molecule has 0 aliphatic carbocycles. The van der Waals surface area contributed by atoms with Crippen LogP contribution in [-0.4, -0.2) is 50.5 Å². The van der Waals surface area contributed by atoms with E-state index < -0.39 is 0 Å². The smallest absolute Gasteiger partial charge is 0.220 e. The third-order valence-electron chi connectivity index (χ3n) is 6.04. The standard InChI is InChI=1S/C21H22ClN5O/c1-13(28)27-14-7-8-15(27)12-26(11-14)20-9-16(17(22)10-23-20)21-24-18-5-3-4-6-19(18)25(21)2/h3-6,9-10,14-15H,7-8,11-12H2,1-2H3/t14-,15+. The number of pyridine rings is 1. The first kappa shape index (κ1) is 17.5. The minimum Gasteiger partial charge on any atom is -0.352 e. The van der Waals surface area contributed by atoms with E-state index in [0.29, 0.717) is 5.02 Å². The second-order valence-electron chi connectivity index (χ2n) is 7.72. The number of rotatable bonds is 2. The molecule has 28 heavy (non-hydrogen) atoms. The fourth-order valence-electron chi connectivity index (χ4n) is 4.76. The molecule has 2 aliphatic rings. The summed E-state index contributed by atoms with van der Waals surface area (Å²) in [4.78, 5) is 25.7. The number of nitrogens with zero attached hydrogens (tertiary/aromatic N) is 5. The highest BCUT2D eigenvalue weighted by molar-refractivity contribution is 6.33. The zero-order valence-corrected chi connectivity index (χ0v) is 16.7. The molecule has 3 aromatic rings. The predicted octanol–water partition coefficient (Wildman–Crippen LogP) is 3.49. The molecule has 0 unspecified atom stereocenters. The average Bonchev–Trinajstić information content (AvgIpc) is 3.16. The molecule has 1 aromatic carbocycles. The van der Waals surface area contributed by atoms with Gasteiger partial charge in [-0.25, -0.2) is 9.97 Å². The Morgan fingerprint density at radius 1 is 1.18 bits per heavy atom. The predicted molar refractivity (Wildman–Crippen MR) is 110 cm³/mol. The Labute approximate surface area is 168 Å². The van der Waals surface area contributed by atoms with Gasteiger partial charge in [0.25, 0.3) is 0 Å². The first-order valence-electron chi connectivity index (χ1n) is 9.64. The molecule has 1 amide bonds. The van der Waals surface area contributed by atoms with E-state index in [-0.39, 0.29) is 18.0 Å². The van der Waals surface area contributed by atoms with Crippen molar-refractivity contribution in [3.63, 3.8) is 0 Å². The van der Waals surface area contributed by atoms with E-state index in [9.17, 15) is 4.79 Å². The number of hydrogen-bond acceptors (Lipinski definition) is 4. The molecule has 2 atom stereocenters. The number of imidazole rings is 1. The van der Waals surface area contributed by atoms with Gasteiger partial charge in [-0.2, -0.15) is 0 Å². The minimum absolute atomic E-state index is 0.177. The second-order valence-corrected chi connectivity index (χ2v) is 8.13. The van der Waals surface area contributed by atoms with E-state index in [4.69, 9.17) is 16.6 Å². The number of piperazine rings is 1. The molecule has 0 spiro atoms. The molecule has 0 saturated carbocycles. The minimum atomic E-state index is 0.177. The van der Waals surface area contributed by atoms with E-state index in [0.717, 1.165) is 54.2 Å². The van der Waals surface area contributed by atoms with Crippen LogP contribution >= 0.6 is 11.6 Å². The number of benzene rings is 1. The fraction of sp³-hybridized carbons (Fsp3) is 0.381. The summed E-state index contributed by atoms with van der Waals surface area (Å²) in [6.07, 6.45) is 3.84. The van der Waals surface area contributed by atoms with Crippen LogP contribution in [0.15, 0.2) is 36.5 Å². The van der Waals surface area contributed by atoms with Gasteiger partial charge in [0.15, 0.2) is 0 Å². The number of fused-ring (bicyclic) bond motifs is 3. The quantitative estimate of drug-likeness (QED) is 0.666.